The van der Waals surface area contributed by atoms with Crippen molar-refractivity contribution in [2.75, 3.05) is 0 Å². The summed E-state index contributed by atoms with van der Waals surface area (Å²) in [5, 5.41) is 3.42. The Labute approximate surface area is 169 Å². The molecular weight excluding hydrogens is 368 g/mol. The molecule has 1 amide bonds. The third kappa shape index (κ3) is 4.30. The highest BCUT2D eigenvalue weighted by molar-refractivity contribution is 8.00. The van der Waals surface area contributed by atoms with Crippen LogP contribution < -0.4 is 5.32 Å². The smallest absolute Gasteiger partial charge is 0.257 e. The molecular formula is C23H24N2O2S. The van der Waals surface area contributed by atoms with Crippen LogP contribution in [0.5, 0.6) is 0 Å². The maximum atomic E-state index is 12.5. The molecule has 0 radical (unpaired) electrons. The second-order valence-corrected chi connectivity index (χ2v) is 8.43. The number of thioether (sulfide) groups is 1. The van der Waals surface area contributed by atoms with Crippen molar-refractivity contribution in [3.63, 3.8) is 0 Å². The molecule has 1 aliphatic carbocycles. The normalized spacial score (nSPS) is 15.5. The lowest BCUT2D eigenvalue weighted by molar-refractivity contribution is -0.120. The number of nitrogens with one attached hydrogen (secondary N) is 1. The highest BCUT2D eigenvalue weighted by Crippen LogP contribution is 2.36. The number of oxazole rings is 1. The van der Waals surface area contributed by atoms with Crippen molar-refractivity contribution in [2.24, 2.45) is 0 Å². The topological polar surface area (TPSA) is 55.1 Å². The molecule has 144 valence electrons. The number of rotatable bonds is 6. The molecule has 1 heterocycles. The van der Waals surface area contributed by atoms with Crippen LogP contribution in [-0.4, -0.2) is 22.2 Å². The van der Waals surface area contributed by atoms with E-state index in [2.05, 4.69) is 5.32 Å². The summed E-state index contributed by atoms with van der Waals surface area (Å²) in [7, 11) is 0. The third-order valence-electron chi connectivity index (χ3n) is 5.04. The Morgan fingerprint density at radius 2 is 1.64 bits per heavy atom. The molecule has 4 rings (SSSR count). The Balaban J connectivity index is 1.57. The summed E-state index contributed by atoms with van der Waals surface area (Å²) in [5.41, 5.74) is 2.78. The number of benzene rings is 2. The summed E-state index contributed by atoms with van der Waals surface area (Å²) < 4.78 is 6.12. The molecule has 5 heteroatoms. The van der Waals surface area contributed by atoms with E-state index in [1.54, 1.807) is 0 Å². The molecule has 1 fully saturated rings. The number of hydrogen-bond donors (Lipinski definition) is 1. The number of amides is 1. The second-order valence-electron chi connectivity index (χ2n) is 7.14. The number of aromatic nitrogens is 1. The van der Waals surface area contributed by atoms with Crippen molar-refractivity contribution in [3.8, 4) is 22.6 Å². The van der Waals surface area contributed by atoms with E-state index in [0.717, 1.165) is 35.4 Å². The van der Waals surface area contributed by atoms with Crippen LogP contribution in [0.2, 0.25) is 0 Å². The van der Waals surface area contributed by atoms with E-state index >= 15 is 0 Å². The predicted octanol–water partition coefficient (Wildman–Crippen LogP) is 5.55. The van der Waals surface area contributed by atoms with Gasteiger partial charge in [0.05, 0.1) is 5.25 Å². The fraction of sp³-hybridized carbons (Fsp3) is 0.304. The van der Waals surface area contributed by atoms with Crippen molar-refractivity contribution in [2.45, 2.75) is 49.1 Å². The van der Waals surface area contributed by atoms with Gasteiger partial charge < -0.3 is 9.73 Å². The fourth-order valence-corrected chi connectivity index (χ4v) is 4.27. The Morgan fingerprint density at radius 3 is 2.29 bits per heavy atom. The largest absolute Gasteiger partial charge is 0.431 e. The highest BCUT2D eigenvalue weighted by Gasteiger charge is 2.24. The van der Waals surface area contributed by atoms with Gasteiger partial charge >= 0.3 is 0 Å². The molecule has 28 heavy (non-hydrogen) atoms. The third-order valence-corrected chi connectivity index (χ3v) is 5.98. The summed E-state index contributed by atoms with van der Waals surface area (Å²) in [6.45, 7) is 1.91. The molecule has 0 unspecified atom stereocenters. The Bertz CT molecular complexity index is 861. The summed E-state index contributed by atoms with van der Waals surface area (Å²) in [5.74, 6) is 0.787. The standard InChI is InChI=1S/C23H24N2O2S/c1-16(22(26)24-19-14-8-9-15-19)28-23-25-20(17-10-4-2-5-11-17)21(27-23)18-12-6-3-7-13-18/h2-7,10-13,16,19H,8-9,14-15H2,1H3,(H,24,26)/t16-/m1/s1. The van der Waals surface area contributed by atoms with Crippen LogP contribution in [0.3, 0.4) is 0 Å². The van der Waals surface area contributed by atoms with Crippen LogP contribution in [0.15, 0.2) is 70.3 Å². The van der Waals surface area contributed by atoms with E-state index < -0.39 is 0 Å². The van der Waals surface area contributed by atoms with E-state index in [1.807, 2.05) is 67.6 Å². The monoisotopic (exact) mass is 392 g/mol. The zero-order valence-corrected chi connectivity index (χ0v) is 16.7. The van der Waals surface area contributed by atoms with E-state index in [1.165, 1.54) is 24.6 Å². The first-order valence-electron chi connectivity index (χ1n) is 9.79. The van der Waals surface area contributed by atoms with Crippen molar-refractivity contribution >= 4 is 17.7 Å². The van der Waals surface area contributed by atoms with Gasteiger partial charge in [0.2, 0.25) is 5.91 Å². The SMILES string of the molecule is C[C@@H](Sc1nc(-c2ccccc2)c(-c2ccccc2)o1)C(=O)NC1CCCC1. The van der Waals surface area contributed by atoms with Crippen LogP contribution >= 0.6 is 11.8 Å². The molecule has 2 aromatic carbocycles. The van der Waals surface area contributed by atoms with Crippen LogP contribution in [0.1, 0.15) is 32.6 Å². The first-order valence-corrected chi connectivity index (χ1v) is 10.7. The minimum absolute atomic E-state index is 0.0534. The van der Waals surface area contributed by atoms with Gasteiger partial charge in [-0.1, -0.05) is 85.3 Å². The maximum Gasteiger partial charge on any atom is 0.257 e. The van der Waals surface area contributed by atoms with Gasteiger partial charge in [-0.15, -0.1) is 0 Å². The Kier molecular flexibility index (Phi) is 5.81. The lowest BCUT2D eigenvalue weighted by Crippen LogP contribution is -2.37. The van der Waals surface area contributed by atoms with Crippen molar-refractivity contribution in [1.29, 1.82) is 0 Å². The van der Waals surface area contributed by atoms with Gasteiger partial charge in [0, 0.05) is 17.2 Å². The van der Waals surface area contributed by atoms with Gasteiger partial charge in [0.1, 0.15) is 5.69 Å². The molecule has 1 aliphatic rings. The van der Waals surface area contributed by atoms with Gasteiger partial charge in [-0.25, -0.2) is 4.98 Å². The molecule has 1 aromatic heterocycles. The summed E-state index contributed by atoms with van der Waals surface area (Å²) >= 11 is 1.37. The van der Waals surface area contributed by atoms with Crippen molar-refractivity contribution in [1.82, 2.24) is 10.3 Å². The first kappa shape index (κ1) is 18.8. The van der Waals surface area contributed by atoms with Gasteiger partial charge in [-0.05, 0) is 19.8 Å². The van der Waals surface area contributed by atoms with E-state index in [-0.39, 0.29) is 11.2 Å². The van der Waals surface area contributed by atoms with Crippen molar-refractivity contribution in [3.05, 3.63) is 60.7 Å². The minimum atomic E-state index is -0.258. The molecule has 1 saturated carbocycles. The molecule has 1 N–H and O–H groups in total. The second kappa shape index (κ2) is 8.65. The zero-order chi connectivity index (χ0) is 19.3. The number of carbonyl (C=O) groups is 1. The molecule has 1 atom stereocenters. The molecule has 4 nitrogen and oxygen atoms in total. The zero-order valence-electron chi connectivity index (χ0n) is 15.9. The molecule has 0 bridgehead atoms. The maximum absolute atomic E-state index is 12.5. The van der Waals surface area contributed by atoms with Gasteiger partial charge in [-0.2, -0.15) is 0 Å². The van der Waals surface area contributed by atoms with Crippen LogP contribution in [-0.2, 0) is 4.79 Å². The highest BCUT2D eigenvalue weighted by atomic mass is 32.2. The first-order chi connectivity index (χ1) is 13.7. The molecule has 0 aliphatic heterocycles. The van der Waals surface area contributed by atoms with Crippen LogP contribution in [0.4, 0.5) is 0 Å². The average molecular weight is 393 g/mol. The summed E-state index contributed by atoms with van der Waals surface area (Å²) in [6, 6.07) is 20.3. The van der Waals surface area contributed by atoms with Crippen molar-refractivity contribution < 1.29 is 9.21 Å². The molecule has 0 saturated heterocycles. The lowest BCUT2D eigenvalue weighted by atomic mass is 10.1. The van der Waals surface area contributed by atoms with E-state index in [9.17, 15) is 4.79 Å². The van der Waals surface area contributed by atoms with Crippen LogP contribution in [0, 0.1) is 0 Å². The Hall–Kier alpha value is -2.53. The summed E-state index contributed by atoms with van der Waals surface area (Å²) in [6.07, 6.45) is 4.57. The summed E-state index contributed by atoms with van der Waals surface area (Å²) in [4.78, 5) is 17.3. The Morgan fingerprint density at radius 1 is 1.04 bits per heavy atom. The number of hydrogen-bond acceptors (Lipinski definition) is 4. The lowest BCUT2D eigenvalue weighted by Gasteiger charge is -2.15. The number of nitrogens with zero attached hydrogens (tertiary/aromatic N) is 1. The minimum Gasteiger partial charge on any atom is -0.431 e. The van der Waals surface area contributed by atoms with Gasteiger partial charge in [0.15, 0.2) is 5.76 Å². The average Bonchev–Trinajstić information content (AvgIpc) is 3.39. The quantitative estimate of drug-likeness (QED) is 0.559. The van der Waals surface area contributed by atoms with Gasteiger partial charge in [-0.3, -0.25) is 4.79 Å². The van der Waals surface area contributed by atoms with Gasteiger partial charge in [0.25, 0.3) is 5.22 Å². The fourth-order valence-electron chi connectivity index (χ4n) is 3.52. The van der Waals surface area contributed by atoms with Crippen LogP contribution in [0.25, 0.3) is 22.6 Å². The van der Waals surface area contributed by atoms with E-state index in [4.69, 9.17) is 9.40 Å². The molecule has 3 aromatic rings. The predicted molar refractivity (Wildman–Crippen MR) is 113 cm³/mol. The van der Waals surface area contributed by atoms with E-state index in [0.29, 0.717) is 11.3 Å². The molecule has 0 spiro atoms. The number of carbonyl (C=O) groups excluding carboxylic acids is 1.